The molecule has 3 aromatic heterocycles. The number of para-hydroxylation sites is 1. The van der Waals surface area contributed by atoms with E-state index in [2.05, 4.69) is 39.4 Å². The van der Waals surface area contributed by atoms with E-state index in [1.165, 1.54) is 0 Å². The maximum Gasteiger partial charge on any atom is 0.228 e. The molecule has 0 bridgehead atoms. The molecule has 1 amide bonds. The molecule has 1 aliphatic rings. The Morgan fingerprint density at radius 1 is 1.11 bits per heavy atom. The monoisotopic (exact) mass is 483 g/mol. The number of piperazine rings is 1. The number of rotatable bonds is 5. The molecule has 1 N–H and O–H groups in total. The van der Waals surface area contributed by atoms with Gasteiger partial charge in [0.05, 0.1) is 11.6 Å². The van der Waals surface area contributed by atoms with Crippen LogP contribution in [0.2, 0.25) is 0 Å². The number of hydrogen-bond donors (Lipinski definition) is 1. The number of fused-ring (bicyclic) bond motifs is 2. The Hall–Kier alpha value is -4.26. The molecule has 5 rings (SSSR count). The highest BCUT2D eigenvalue weighted by Gasteiger charge is 2.26. The number of nitrogens with zero attached hydrogens (tertiary/aromatic N) is 8. The number of nitrogens with one attached hydrogen (secondary N) is 1. The van der Waals surface area contributed by atoms with Gasteiger partial charge in [-0.15, -0.1) is 0 Å². The Balaban J connectivity index is 1.56. The molecule has 0 radical (unpaired) electrons. The van der Waals surface area contributed by atoms with Gasteiger partial charge in [-0.2, -0.15) is 15.3 Å². The minimum absolute atomic E-state index is 0.0151. The maximum atomic E-state index is 11.8. The zero-order valence-corrected chi connectivity index (χ0v) is 20.9. The van der Waals surface area contributed by atoms with Crippen molar-refractivity contribution < 1.29 is 4.79 Å². The Morgan fingerprint density at radius 2 is 1.86 bits per heavy atom. The topological polar surface area (TPSA) is 116 Å². The molecule has 4 heterocycles. The number of pyridine rings is 1. The molecule has 1 atom stereocenters. The molecular formula is C26H29N9O. The lowest BCUT2D eigenvalue weighted by atomic mass is 10.1. The molecular weight excluding hydrogens is 454 g/mol. The second kappa shape index (κ2) is 9.41. The van der Waals surface area contributed by atoms with Crippen LogP contribution in [0.15, 0.2) is 36.5 Å². The van der Waals surface area contributed by atoms with Gasteiger partial charge < -0.3 is 15.1 Å². The molecule has 10 heteroatoms. The summed E-state index contributed by atoms with van der Waals surface area (Å²) in [6.07, 6.45) is 1.88. The van der Waals surface area contributed by atoms with E-state index in [1.54, 1.807) is 11.6 Å². The van der Waals surface area contributed by atoms with Crippen molar-refractivity contribution in [2.45, 2.75) is 39.8 Å². The summed E-state index contributed by atoms with van der Waals surface area (Å²) in [4.78, 5) is 30.0. The molecule has 4 aromatic rings. The van der Waals surface area contributed by atoms with E-state index in [9.17, 15) is 10.1 Å². The van der Waals surface area contributed by atoms with E-state index in [-0.39, 0.29) is 23.7 Å². The number of hydrogen-bond acceptors (Lipinski definition) is 8. The van der Waals surface area contributed by atoms with Crippen LogP contribution in [0.5, 0.6) is 0 Å². The Morgan fingerprint density at radius 3 is 2.56 bits per heavy atom. The average molecular weight is 484 g/mol. The predicted molar refractivity (Wildman–Crippen MR) is 139 cm³/mol. The van der Waals surface area contributed by atoms with E-state index in [1.807, 2.05) is 49.2 Å². The van der Waals surface area contributed by atoms with Gasteiger partial charge in [0.15, 0.2) is 11.5 Å². The van der Waals surface area contributed by atoms with E-state index in [0.29, 0.717) is 49.0 Å². The molecule has 0 saturated carbocycles. The summed E-state index contributed by atoms with van der Waals surface area (Å²) in [7, 11) is 0. The number of carbonyl (C=O) groups excluding carboxylic acids is 1. The molecule has 1 fully saturated rings. The Kier molecular flexibility index (Phi) is 6.14. The van der Waals surface area contributed by atoms with Gasteiger partial charge in [-0.3, -0.25) is 14.5 Å². The van der Waals surface area contributed by atoms with Gasteiger partial charge in [-0.05, 0) is 38.5 Å². The summed E-state index contributed by atoms with van der Waals surface area (Å²) in [5, 5.41) is 19.0. The molecule has 1 saturated heterocycles. The van der Waals surface area contributed by atoms with Crippen molar-refractivity contribution in [3.63, 3.8) is 0 Å². The smallest absolute Gasteiger partial charge is 0.228 e. The first-order valence-corrected chi connectivity index (χ1v) is 12.2. The molecule has 0 spiro atoms. The van der Waals surface area contributed by atoms with Crippen LogP contribution in [0.25, 0.3) is 21.9 Å². The minimum Gasteiger partial charge on any atom is -0.362 e. The molecule has 0 aliphatic carbocycles. The summed E-state index contributed by atoms with van der Waals surface area (Å²) in [5.41, 5.74) is 3.47. The van der Waals surface area contributed by atoms with Crippen molar-refractivity contribution in [3.8, 4) is 6.07 Å². The Bertz CT molecular complexity index is 1480. The van der Waals surface area contributed by atoms with Crippen LogP contribution >= 0.6 is 0 Å². The summed E-state index contributed by atoms with van der Waals surface area (Å²) in [6, 6.07) is 12.3. The zero-order chi connectivity index (χ0) is 25.4. The zero-order valence-electron chi connectivity index (χ0n) is 20.9. The van der Waals surface area contributed by atoms with Crippen molar-refractivity contribution in [1.29, 1.82) is 5.26 Å². The van der Waals surface area contributed by atoms with Crippen LogP contribution in [-0.4, -0.2) is 61.7 Å². The third-order valence-corrected chi connectivity index (χ3v) is 6.60. The summed E-state index contributed by atoms with van der Waals surface area (Å²) in [5.74, 6) is 1.21. The summed E-state index contributed by atoms with van der Waals surface area (Å²) >= 11 is 0. The summed E-state index contributed by atoms with van der Waals surface area (Å²) in [6.45, 7) is 10.1. The van der Waals surface area contributed by atoms with Gasteiger partial charge in [0.1, 0.15) is 17.1 Å². The highest BCUT2D eigenvalue weighted by molar-refractivity contribution is 5.91. The van der Waals surface area contributed by atoms with Crippen molar-refractivity contribution in [1.82, 2.24) is 29.6 Å². The van der Waals surface area contributed by atoms with Crippen LogP contribution in [0, 0.1) is 11.3 Å². The van der Waals surface area contributed by atoms with Gasteiger partial charge in [0.25, 0.3) is 0 Å². The maximum absolute atomic E-state index is 11.8. The van der Waals surface area contributed by atoms with Crippen molar-refractivity contribution in [2.75, 3.05) is 36.4 Å². The van der Waals surface area contributed by atoms with Gasteiger partial charge in [0, 0.05) is 50.7 Å². The first-order valence-electron chi connectivity index (χ1n) is 12.2. The predicted octanol–water partition coefficient (Wildman–Crippen LogP) is 3.67. The molecule has 10 nitrogen and oxygen atoms in total. The minimum atomic E-state index is -0.108. The number of benzene rings is 1. The second-order valence-corrected chi connectivity index (χ2v) is 9.39. The molecule has 184 valence electrons. The van der Waals surface area contributed by atoms with Gasteiger partial charge in [-0.25, -0.2) is 4.98 Å². The van der Waals surface area contributed by atoms with E-state index in [4.69, 9.17) is 9.97 Å². The average Bonchev–Trinajstić information content (AvgIpc) is 3.28. The number of amides is 1. The fraction of sp³-hybridized carbons (Fsp3) is 0.385. The van der Waals surface area contributed by atoms with Crippen LogP contribution < -0.4 is 10.2 Å². The quantitative estimate of drug-likeness (QED) is 0.457. The lowest BCUT2D eigenvalue weighted by Crippen LogP contribution is -2.48. The number of nitriles is 1. The van der Waals surface area contributed by atoms with Crippen molar-refractivity contribution in [2.24, 2.45) is 0 Å². The van der Waals surface area contributed by atoms with Crippen LogP contribution in [-0.2, 0) is 4.79 Å². The lowest BCUT2D eigenvalue weighted by molar-refractivity contribution is -0.129. The normalized spacial score (nSPS) is 14.9. The Labute approximate surface area is 209 Å². The van der Waals surface area contributed by atoms with E-state index < -0.39 is 0 Å². The summed E-state index contributed by atoms with van der Waals surface area (Å²) < 4.78 is 1.80. The van der Waals surface area contributed by atoms with Gasteiger partial charge in [-0.1, -0.05) is 18.2 Å². The van der Waals surface area contributed by atoms with Crippen LogP contribution in [0.1, 0.15) is 51.0 Å². The standard InChI is InChI=1S/C26H29N9O/c1-16(2)35-24-23(22(14-27)32-35)30-26(34-11-9-33(10-12-34)18(4)36)31-25(24)29-17(3)20-13-19-7-5-6-8-21(19)28-15-20/h5-8,13,15-17H,9-12H2,1-4H3,(H,29,30,31)/t17-/m1/s1. The highest BCUT2D eigenvalue weighted by Crippen LogP contribution is 2.31. The number of anilines is 2. The number of carbonyl (C=O) groups is 1. The van der Waals surface area contributed by atoms with Crippen molar-refractivity contribution in [3.05, 3.63) is 47.8 Å². The van der Waals surface area contributed by atoms with Gasteiger partial charge in [0.2, 0.25) is 11.9 Å². The SMILES string of the molecule is CC(=O)N1CCN(c2nc(N[C@H](C)c3cnc4ccccc4c3)c3c(n2)c(C#N)nn3C(C)C)CC1. The third kappa shape index (κ3) is 4.28. The molecule has 36 heavy (non-hydrogen) atoms. The third-order valence-electron chi connectivity index (χ3n) is 6.60. The second-order valence-electron chi connectivity index (χ2n) is 9.39. The largest absolute Gasteiger partial charge is 0.362 e. The van der Waals surface area contributed by atoms with Crippen LogP contribution in [0.3, 0.4) is 0 Å². The van der Waals surface area contributed by atoms with Crippen molar-refractivity contribution >= 4 is 39.6 Å². The lowest BCUT2D eigenvalue weighted by Gasteiger charge is -2.34. The molecule has 1 aliphatic heterocycles. The highest BCUT2D eigenvalue weighted by atomic mass is 16.2. The molecule has 0 unspecified atom stereocenters. The number of aromatic nitrogens is 5. The fourth-order valence-electron chi connectivity index (χ4n) is 4.56. The first-order chi connectivity index (χ1) is 17.4. The van der Waals surface area contributed by atoms with E-state index in [0.717, 1.165) is 16.5 Å². The fourth-order valence-corrected chi connectivity index (χ4v) is 4.56. The molecule has 1 aromatic carbocycles. The first kappa shape index (κ1) is 23.5. The van der Waals surface area contributed by atoms with Gasteiger partial charge >= 0.3 is 0 Å². The van der Waals surface area contributed by atoms with E-state index >= 15 is 0 Å². The van der Waals surface area contributed by atoms with Crippen LogP contribution in [0.4, 0.5) is 11.8 Å².